The van der Waals surface area contributed by atoms with E-state index in [1.165, 1.54) is 11.1 Å². The number of aromatic nitrogens is 2. The number of hydrogen-bond acceptors (Lipinski definition) is 6. The van der Waals surface area contributed by atoms with Crippen LogP contribution in [-0.4, -0.2) is 9.97 Å². The van der Waals surface area contributed by atoms with E-state index in [-0.39, 0.29) is 12.1 Å². The lowest BCUT2D eigenvalue weighted by molar-refractivity contribution is 0.176. The molecule has 6 nitrogen and oxygen atoms in total. The SMILES string of the molecule is NNc1cc(OC2CCCc3ccccc32)nc(N)n1. The lowest BCUT2D eigenvalue weighted by Gasteiger charge is -2.25. The molecule has 1 aromatic heterocycles. The second-order valence-electron chi connectivity index (χ2n) is 4.79. The molecule has 1 aliphatic rings. The van der Waals surface area contributed by atoms with Gasteiger partial charge < -0.3 is 15.9 Å². The van der Waals surface area contributed by atoms with Crippen LogP contribution in [0.2, 0.25) is 0 Å². The van der Waals surface area contributed by atoms with Gasteiger partial charge in [0, 0.05) is 6.07 Å². The van der Waals surface area contributed by atoms with Crippen molar-refractivity contribution < 1.29 is 4.74 Å². The number of hydrogen-bond donors (Lipinski definition) is 3. The van der Waals surface area contributed by atoms with Gasteiger partial charge in [0.2, 0.25) is 11.8 Å². The fraction of sp³-hybridized carbons (Fsp3) is 0.286. The minimum Gasteiger partial charge on any atom is -0.469 e. The maximum Gasteiger partial charge on any atom is 0.225 e. The first-order valence-electron chi connectivity index (χ1n) is 6.62. The Morgan fingerprint density at radius 2 is 2.10 bits per heavy atom. The van der Waals surface area contributed by atoms with Crippen molar-refractivity contribution in [3.05, 3.63) is 41.5 Å². The predicted molar refractivity (Wildman–Crippen MR) is 77.0 cm³/mol. The van der Waals surface area contributed by atoms with Gasteiger partial charge in [0.1, 0.15) is 11.9 Å². The molecule has 1 aliphatic carbocycles. The molecule has 0 spiro atoms. The van der Waals surface area contributed by atoms with Gasteiger partial charge in [-0.25, -0.2) is 5.84 Å². The summed E-state index contributed by atoms with van der Waals surface area (Å²) in [6.07, 6.45) is 3.16. The van der Waals surface area contributed by atoms with Crippen LogP contribution >= 0.6 is 0 Å². The molecular formula is C14H17N5O. The van der Waals surface area contributed by atoms with Crippen LogP contribution in [-0.2, 0) is 6.42 Å². The number of benzene rings is 1. The van der Waals surface area contributed by atoms with Crippen LogP contribution in [0.5, 0.6) is 5.88 Å². The van der Waals surface area contributed by atoms with Crippen LogP contribution in [0.1, 0.15) is 30.1 Å². The predicted octanol–water partition coefficient (Wildman–Crippen LogP) is 1.80. The van der Waals surface area contributed by atoms with Gasteiger partial charge in [0.15, 0.2) is 0 Å². The summed E-state index contributed by atoms with van der Waals surface area (Å²) in [6.45, 7) is 0. The molecule has 5 N–H and O–H groups in total. The quantitative estimate of drug-likeness (QED) is 0.581. The van der Waals surface area contributed by atoms with E-state index in [0.29, 0.717) is 11.7 Å². The summed E-state index contributed by atoms with van der Waals surface area (Å²) in [5, 5.41) is 0. The Morgan fingerprint density at radius 3 is 2.95 bits per heavy atom. The number of hydrazine groups is 1. The number of nitrogens with two attached hydrogens (primary N) is 2. The number of nitrogen functional groups attached to an aromatic ring is 2. The first-order chi connectivity index (χ1) is 9.76. The summed E-state index contributed by atoms with van der Waals surface area (Å²) >= 11 is 0. The van der Waals surface area contributed by atoms with E-state index in [9.17, 15) is 0 Å². The van der Waals surface area contributed by atoms with E-state index in [0.717, 1.165) is 19.3 Å². The molecule has 0 fully saturated rings. The summed E-state index contributed by atoms with van der Waals surface area (Å²) in [6, 6.07) is 9.98. The Balaban J connectivity index is 1.87. The van der Waals surface area contributed by atoms with Crippen LogP contribution in [0.4, 0.5) is 11.8 Å². The number of nitrogens with one attached hydrogen (secondary N) is 1. The second-order valence-corrected chi connectivity index (χ2v) is 4.79. The Morgan fingerprint density at radius 1 is 1.25 bits per heavy atom. The maximum absolute atomic E-state index is 5.98. The van der Waals surface area contributed by atoms with Crippen molar-refractivity contribution in [1.29, 1.82) is 0 Å². The highest BCUT2D eigenvalue weighted by molar-refractivity contribution is 5.42. The molecule has 1 aromatic carbocycles. The van der Waals surface area contributed by atoms with E-state index >= 15 is 0 Å². The molecule has 6 heteroatoms. The molecule has 0 radical (unpaired) electrons. The molecule has 20 heavy (non-hydrogen) atoms. The first kappa shape index (κ1) is 12.7. The Hall–Kier alpha value is -2.34. The van der Waals surface area contributed by atoms with E-state index in [1.54, 1.807) is 6.07 Å². The number of aryl methyl sites for hydroxylation is 1. The molecule has 1 unspecified atom stereocenters. The zero-order chi connectivity index (χ0) is 13.9. The van der Waals surface area contributed by atoms with Crippen molar-refractivity contribution in [2.75, 3.05) is 11.2 Å². The molecule has 1 heterocycles. The summed E-state index contributed by atoms with van der Waals surface area (Å²) in [5.41, 5.74) is 10.6. The Kier molecular flexibility index (Phi) is 3.39. The minimum absolute atomic E-state index is 0.000116. The van der Waals surface area contributed by atoms with Gasteiger partial charge >= 0.3 is 0 Å². The Bertz CT molecular complexity index is 616. The summed E-state index contributed by atoms with van der Waals surface area (Å²) in [7, 11) is 0. The van der Waals surface area contributed by atoms with Gasteiger partial charge in [-0.1, -0.05) is 24.3 Å². The van der Waals surface area contributed by atoms with Gasteiger partial charge in [-0.15, -0.1) is 0 Å². The molecule has 0 bridgehead atoms. The number of fused-ring (bicyclic) bond motifs is 1. The van der Waals surface area contributed by atoms with Crippen molar-refractivity contribution in [2.45, 2.75) is 25.4 Å². The normalized spacial score (nSPS) is 17.4. The highest BCUT2D eigenvalue weighted by Crippen LogP contribution is 2.33. The highest BCUT2D eigenvalue weighted by Gasteiger charge is 2.22. The first-order valence-corrected chi connectivity index (χ1v) is 6.62. The third-order valence-electron chi connectivity index (χ3n) is 3.45. The summed E-state index contributed by atoms with van der Waals surface area (Å²) in [5.74, 6) is 6.36. The molecular weight excluding hydrogens is 254 g/mol. The number of ether oxygens (including phenoxy) is 1. The molecule has 2 aromatic rings. The lowest BCUT2D eigenvalue weighted by atomic mass is 9.89. The zero-order valence-corrected chi connectivity index (χ0v) is 11.0. The molecule has 104 valence electrons. The zero-order valence-electron chi connectivity index (χ0n) is 11.0. The van der Waals surface area contributed by atoms with Gasteiger partial charge in [-0.3, -0.25) is 0 Å². The van der Waals surface area contributed by atoms with Crippen molar-refractivity contribution in [1.82, 2.24) is 9.97 Å². The third-order valence-corrected chi connectivity index (χ3v) is 3.45. The molecule has 1 atom stereocenters. The molecule has 0 aliphatic heterocycles. The van der Waals surface area contributed by atoms with Crippen molar-refractivity contribution in [3.63, 3.8) is 0 Å². The average Bonchev–Trinajstić information content (AvgIpc) is 2.47. The van der Waals surface area contributed by atoms with Crippen LogP contribution in [0.25, 0.3) is 0 Å². The largest absolute Gasteiger partial charge is 0.469 e. The van der Waals surface area contributed by atoms with Crippen LogP contribution in [0, 0.1) is 0 Å². The van der Waals surface area contributed by atoms with Gasteiger partial charge in [-0.2, -0.15) is 9.97 Å². The smallest absolute Gasteiger partial charge is 0.225 e. The maximum atomic E-state index is 5.98. The minimum atomic E-state index is -0.000116. The topological polar surface area (TPSA) is 99.1 Å². The van der Waals surface area contributed by atoms with Crippen molar-refractivity contribution in [3.8, 4) is 5.88 Å². The van der Waals surface area contributed by atoms with Crippen LogP contribution in [0.3, 0.4) is 0 Å². The number of rotatable bonds is 3. The standard InChI is InChI=1S/C14H17N5O/c15-14-17-12(19-16)8-13(18-14)20-11-7-3-5-9-4-1-2-6-10(9)11/h1-2,4,6,8,11H,3,5,7,16H2,(H3,15,17,18,19). The van der Waals surface area contributed by atoms with Crippen molar-refractivity contribution in [2.24, 2.45) is 5.84 Å². The van der Waals surface area contributed by atoms with Gasteiger partial charge in [0.05, 0.1) is 0 Å². The third kappa shape index (κ3) is 2.50. The second kappa shape index (κ2) is 5.34. The average molecular weight is 271 g/mol. The fourth-order valence-corrected chi connectivity index (χ4v) is 2.55. The van der Waals surface area contributed by atoms with Gasteiger partial charge in [0.25, 0.3) is 0 Å². The molecule has 3 rings (SSSR count). The molecule has 0 saturated heterocycles. The fourth-order valence-electron chi connectivity index (χ4n) is 2.55. The molecule has 0 amide bonds. The van der Waals surface area contributed by atoms with E-state index < -0.39 is 0 Å². The summed E-state index contributed by atoms with van der Waals surface area (Å²) < 4.78 is 5.98. The van der Waals surface area contributed by atoms with Gasteiger partial charge in [-0.05, 0) is 30.4 Å². The lowest BCUT2D eigenvalue weighted by Crippen LogP contribution is -2.17. The van der Waals surface area contributed by atoms with Crippen LogP contribution < -0.4 is 21.7 Å². The molecule has 0 saturated carbocycles. The number of anilines is 2. The number of nitrogens with zero attached hydrogens (tertiary/aromatic N) is 2. The van der Waals surface area contributed by atoms with E-state index in [2.05, 4.69) is 33.6 Å². The van der Waals surface area contributed by atoms with E-state index in [4.69, 9.17) is 16.3 Å². The highest BCUT2D eigenvalue weighted by atomic mass is 16.5. The van der Waals surface area contributed by atoms with Crippen molar-refractivity contribution >= 4 is 11.8 Å². The van der Waals surface area contributed by atoms with E-state index in [1.807, 2.05) is 6.07 Å². The van der Waals surface area contributed by atoms with Crippen LogP contribution in [0.15, 0.2) is 30.3 Å². The Labute approximate surface area is 117 Å². The summed E-state index contributed by atoms with van der Waals surface area (Å²) in [4.78, 5) is 8.04. The monoisotopic (exact) mass is 271 g/mol.